The molecular formula is C26H30ClNO5. The number of nitrogens with zero attached hydrogens (tertiary/aromatic N) is 1. The number of hydrogen-bond donors (Lipinski definition) is 0. The molecule has 0 aliphatic carbocycles. The number of carbonyl (C=O) groups excluding carboxylic acids is 2. The number of amides is 1. The van der Waals surface area contributed by atoms with E-state index in [0.717, 1.165) is 12.8 Å². The van der Waals surface area contributed by atoms with Gasteiger partial charge < -0.3 is 19.1 Å². The van der Waals surface area contributed by atoms with Crippen LogP contribution in [0.4, 0.5) is 0 Å². The van der Waals surface area contributed by atoms with Gasteiger partial charge >= 0.3 is 0 Å². The van der Waals surface area contributed by atoms with E-state index in [1.165, 1.54) is 0 Å². The van der Waals surface area contributed by atoms with E-state index in [0.29, 0.717) is 79.0 Å². The number of ether oxygens (including phenoxy) is 3. The molecule has 0 saturated carbocycles. The van der Waals surface area contributed by atoms with Crippen LogP contribution in [0.5, 0.6) is 17.2 Å². The highest BCUT2D eigenvalue weighted by molar-refractivity contribution is 6.31. The first kappa shape index (κ1) is 23.4. The predicted molar refractivity (Wildman–Crippen MR) is 127 cm³/mol. The van der Waals surface area contributed by atoms with Gasteiger partial charge in [-0.25, -0.2) is 0 Å². The van der Waals surface area contributed by atoms with Crippen molar-refractivity contribution < 1.29 is 23.8 Å². The van der Waals surface area contributed by atoms with E-state index in [1.54, 1.807) is 30.3 Å². The molecule has 7 heteroatoms. The van der Waals surface area contributed by atoms with E-state index >= 15 is 0 Å². The van der Waals surface area contributed by atoms with E-state index in [2.05, 4.69) is 6.92 Å². The van der Waals surface area contributed by atoms with E-state index < -0.39 is 5.60 Å². The second-order valence-electron chi connectivity index (χ2n) is 8.61. The summed E-state index contributed by atoms with van der Waals surface area (Å²) in [5.74, 6) is 1.81. The van der Waals surface area contributed by atoms with Crippen LogP contribution in [0, 0.1) is 0 Å². The number of hydrogen-bond acceptors (Lipinski definition) is 5. The maximum absolute atomic E-state index is 13.2. The highest BCUT2D eigenvalue weighted by Crippen LogP contribution is 2.40. The molecule has 2 aromatic rings. The Bertz CT molecular complexity index is 1030. The van der Waals surface area contributed by atoms with Gasteiger partial charge in [0.15, 0.2) is 17.3 Å². The third-order valence-corrected chi connectivity index (χ3v) is 6.49. The molecule has 1 spiro atoms. The predicted octanol–water partition coefficient (Wildman–Crippen LogP) is 5.56. The molecule has 2 aliphatic heterocycles. The fourth-order valence-electron chi connectivity index (χ4n) is 4.40. The number of fused-ring (bicyclic) bond motifs is 1. The highest BCUT2D eigenvalue weighted by Gasteiger charge is 2.43. The monoisotopic (exact) mass is 471 g/mol. The van der Waals surface area contributed by atoms with Gasteiger partial charge in [0.05, 0.1) is 25.2 Å². The molecule has 33 heavy (non-hydrogen) atoms. The fourth-order valence-corrected chi connectivity index (χ4v) is 4.57. The zero-order valence-corrected chi connectivity index (χ0v) is 20.0. The maximum atomic E-state index is 13.2. The van der Waals surface area contributed by atoms with Crippen LogP contribution in [-0.2, 0) is 0 Å². The average Bonchev–Trinajstić information content (AvgIpc) is 2.81. The molecule has 6 nitrogen and oxygen atoms in total. The van der Waals surface area contributed by atoms with E-state index in [1.807, 2.05) is 17.9 Å². The summed E-state index contributed by atoms with van der Waals surface area (Å²) in [4.78, 5) is 27.8. The molecule has 2 heterocycles. The molecular weight excluding hydrogens is 442 g/mol. The molecule has 0 bridgehead atoms. The number of benzene rings is 2. The van der Waals surface area contributed by atoms with Crippen LogP contribution in [0.2, 0.25) is 5.02 Å². The van der Waals surface area contributed by atoms with Crippen LogP contribution in [0.25, 0.3) is 0 Å². The number of Topliss-reactive ketones (excluding diaryl/α,β-unsaturated/α-hetero) is 1. The van der Waals surface area contributed by atoms with Gasteiger partial charge in [-0.1, -0.05) is 24.9 Å². The minimum atomic E-state index is -0.567. The summed E-state index contributed by atoms with van der Waals surface area (Å²) in [6, 6.07) is 10.5. The Morgan fingerprint density at radius 1 is 1.09 bits per heavy atom. The van der Waals surface area contributed by atoms with E-state index in [4.69, 9.17) is 25.8 Å². The van der Waals surface area contributed by atoms with E-state index in [9.17, 15) is 9.59 Å². The Balaban J connectivity index is 1.43. The fraction of sp³-hybridized carbons (Fsp3) is 0.462. The number of unbranched alkanes of at least 4 members (excludes halogenated alkanes) is 1. The maximum Gasteiger partial charge on any atom is 0.253 e. The van der Waals surface area contributed by atoms with Gasteiger partial charge in [-0.3, -0.25) is 9.59 Å². The zero-order chi connectivity index (χ0) is 23.4. The standard InChI is InChI=1S/C26H30ClNO5/c1-3-5-14-32-23-8-6-18(15-24(23)31-4-2)25(30)28-12-10-26(11-13-28)17-21(29)20-16-19(27)7-9-22(20)33-26/h6-9,15-16H,3-5,10-14,17H2,1-2H3. The quantitative estimate of drug-likeness (QED) is 0.495. The molecule has 4 rings (SSSR count). The van der Waals surface area contributed by atoms with Crippen LogP contribution in [-0.4, -0.2) is 48.5 Å². The molecule has 1 fully saturated rings. The Hall–Kier alpha value is -2.73. The minimum Gasteiger partial charge on any atom is -0.490 e. The molecule has 0 N–H and O–H groups in total. The third-order valence-electron chi connectivity index (χ3n) is 6.26. The molecule has 0 unspecified atom stereocenters. The SMILES string of the molecule is CCCCOc1ccc(C(=O)N2CCC3(CC2)CC(=O)c2cc(Cl)ccc2O3)cc1OCC. The third kappa shape index (κ3) is 5.11. The first-order valence-corrected chi connectivity index (χ1v) is 12.0. The Morgan fingerprint density at radius 3 is 2.61 bits per heavy atom. The van der Waals surface area contributed by atoms with Crippen LogP contribution < -0.4 is 14.2 Å². The molecule has 0 atom stereocenters. The Kier molecular flexibility index (Phi) is 7.13. The number of piperidine rings is 1. The molecule has 176 valence electrons. The zero-order valence-electron chi connectivity index (χ0n) is 19.2. The van der Waals surface area contributed by atoms with Crippen LogP contribution in [0.3, 0.4) is 0 Å². The summed E-state index contributed by atoms with van der Waals surface area (Å²) in [5, 5.41) is 0.523. The minimum absolute atomic E-state index is 0.0403. The highest BCUT2D eigenvalue weighted by atomic mass is 35.5. The van der Waals surface area contributed by atoms with Crippen LogP contribution in [0.15, 0.2) is 36.4 Å². The van der Waals surface area contributed by atoms with Crippen molar-refractivity contribution >= 4 is 23.3 Å². The molecule has 1 amide bonds. The molecule has 2 aromatic carbocycles. The van der Waals surface area contributed by atoms with Gasteiger partial charge in [0.2, 0.25) is 0 Å². The second kappa shape index (κ2) is 10.0. The summed E-state index contributed by atoms with van der Waals surface area (Å²) in [6.45, 7) is 6.17. The van der Waals surface area contributed by atoms with Crippen molar-refractivity contribution in [3.8, 4) is 17.2 Å². The largest absolute Gasteiger partial charge is 0.490 e. The number of likely N-dealkylation sites (tertiary alicyclic amines) is 1. The van der Waals surface area contributed by atoms with Gasteiger partial charge in [0.1, 0.15) is 11.4 Å². The van der Waals surface area contributed by atoms with Crippen molar-refractivity contribution in [3.63, 3.8) is 0 Å². The lowest BCUT2D eigenvalue weighted by atomic mass is 9.82. The first-order valence-electron chi connectivity index (χ1n) is 11.7. The van der Waals surface area contributed by atoms with Crippen molar-refractivity contribution in [3.05, 3.63) is 52.5 Å². The van der Waals surface area contributed by atoms with Gasteiger partial charge in [0, 0.05) is 36.5 Å². The second-order valence-corrected chi connectivity index (χ2v) is 9.05. The lowest BCUT2D eigenvalue weighted by molar-refractivity contribution is -0.00571. The molecule has 0 aromatic heterocycles. The number of ketones is 1. The Morgan fingerprint density at radius 2 is 1.88 bits per heavy atom. The average molecular weight is 472 g/mol. The van der Waals surface area contributed by atoms with Crippen molar-refractivity contribution in [1.29, 1.82) is 0 Å². The lowest BCUT2D eigenvalue weighted by Crippen LogP contribution is -2.52. The van der Waals surface area contributed by atoms with Crippen molar-refractivity contribution in [2.24, 2.45) is 0 Å². The molecule has 0 radical (unpaired) electrons. The summed E-state index contributed by atoms with van der Waals surface area (Å²) in [7, 11) is 0. The summed E-state index contributed by atoms with van der Waals surface area (Å²) < 4.78 is 17.8. The van der Waals surface area contributed by atoms with Gasteiger partial charge in [-0.2, -0.15) is 0 Å². The number of halogens is 1. The normalized spacial score (nSPS) is 16.8. The Labute approximate surface area is 199 Å². The smallest absolute Gasteiger partial charge is 0.253 e. The lowest BCUT2D eigenvalue weighted by Gasteiger charge is -2.44. The van der Waals surface area contributed by atoms with Gasteiger partial charge in [-0.05, 0) is 49.7 Å². The van der Waals surface area contributed by atoms with Gasteiger partial charge in [-0.15, -0.1) is 0 Å². The van der Waals surface area contributed by atoms with Gasteiger partial charge in [0.25, 0.3) is 5.91 Å². The summed E-state index contributed by atoms with van der Waals surface area (Å²) >= 11 is 6.03. The first-order chi connectivity index (χ1) is 15.9. The van der Waals surface area contributed by atoms with Crippen molar-refractivity contribution in [2.75, 3.05) is 26.3 Å². The number of carbonyl (C=O) groups is 2. The number of rotatable bonds is 7. The van der Waals surface area contributed by atoms with Crippen molar-refractivity contribution in [2.45, 2.75) is 51.6 Å². The molecule has 2 aliphatic rings. The van der Waals surface area contributed by atoms with Crippen LogP contribution >= 0.6 is 11.6 Å². The summed E-state index contributed by atoms with van der Waals surface area (Å²) in [5.41, 5.74) is 0.538. The topological polar surface area (TPSA) is 65.1 Å². The summed E-state index contributed by atoms with van der Waals surface area (Å²) in [6.07, 6.45) is 3.52. The van der Waals surface area contributed by atoms with E-state index in [-0.39, 0.29) is 11.7 Å². The van der Waals surface area contributed by atoms with Crippen molar-refractivity contribution in [1.82, 2.24) is 4.90 Å². The van der Waals surface area contributed by atoms with Crippen LogP contribution in [0.1, 0.15) is 66.7 Å². The molecule has 1 saturated heterocycles.